The van der Waals surface area contributed by atoms with Crippen LogP contribution in [0.15, 0.2) is 4.99 Å². The van der Waals surface area contributed by atoms with Crippen LogP contribution in [-0.2, 0) is 0 Å². The molecule has 1 aliphatic heterocycles. The van der Waals surface area contributed by atoms with Crippen molar-refractivity contribution >= 4 is 17.7 Å². The van der Waals surface area contributed by atoms with Crippen LogP contribution >= 0.6 is 11.8 Å². The molecule has 0 radical (unpaired) electrons. The van der Waals surface area contributed by atoms with Gasteiger partial charge in [0.05, 0.1) is 0 Å². The lowest BCUT2D eigenvalue weighted by atomic mass is 9.99. The molecule has 0 unspecified atom stereocenters. The zero-order chi connectivity index (χ0) is 13.9. The second-order valence-electron chi connectivity index (χ2n) is 5.30. The van der Waals surface area contributed by atoms with Gasteiger partial charge in [-0.05, 0) is 51.1 Å². The summed E-state index contributed by atoms with van der Waals surface area (Å²) in [5.41, 5.74) is 0. The lowest BCUT2D eigenvalue weighted by Crippen LogP contribution is -2.40. The van der Waals surface area contributed by atoms with Crippen LogP contribution in [0.4, 0.5) is 0 Å². The Morgan fingerprint density at radius 2 is 1.95 bits per heavy atom. The number of piperidine rings is 1. The van der Waals surface area contributed by atoms with E-state index in [0.29, 0.717) is 0 Å². The molecule has 112 valence electrons. The number of hydrogen-bond acceptors (Lipinski definition) is 3. The van der Waals surface area contributed by atoms with Crippen molar-refractivity contribution in [2.45, 2.75) is 26.2 Å². The lowest BCUT2D eigenvalue weighted by Gasteiger charge is -2.30. The fourth-order valence-corrected chi connectivity index (χ4v) is 2.59. The molecule has 0 aromatic carbocycles. The van der Waals surface area contributed by atoms with E-state index in [4.69, 9.17) is 0 Å². The minimum Gasteiger partial charge on any atom is -0.356 e. The maximum atomic E-state index is 4.23. The van der Waals surface area contributed by atoms with E-state index in [1.165, 1.54) is 38.9 Å². The molecule has 0 aromatic rings. The predicted molar refractivity (Wildman–Crippen MR) is 87.2 cm³/mol. The highest BCUT2D eigenvalue weighted by atomic mass is 32.2. The van der Waals surface area contributed by atoms with E-state index in [0.717, 1.165) is 30.7 Å². The maximum Gasteiger partial charge on any atom is 0.191 e. The van der Waals surface area contributed by atoms with Crippen LogP contribution in [-0.4, -0.2) is 62.6 Å². The lowest BCUT2D eigenvalue weighted by molar-refractivity contribution is 0.191. The van der Waals surface area contributed by atoms with Crippen molar-refractivity contribution in [1.82, 2.24) is 15.5 Å². The molecule has 0 aromatic heterocycles. The zero-order valence-corrected chi connectivity index (χ0v) is 13.6. The van der Waals surface area contributed by atoms with Gasteiger partial charge in [0.15, 0.2) is 5.96 Å². The molecule has 2 N–H and O–H groups in total. The molecule has 0 spiro atoms. The molecule has 0 bridgehead atoms. The number of nitrogens with zero attached hydrogens (tertiary/aromatic N) is 2. The monoisotopic (exact) mass is 286 g/mol. The minimum absolute atomic E-state index is 0.925. The normalized spacial score (nSPS) is 18.6. The number of nitrogens with one attached hydrogen (secondary N) is 2. The predicted octanol–water partition coefficient (Wildman–Crippen LogP) is 1.64. The average Bonchev–Trinajstić information content (AvgIpc) is 2.43. The fourth-order valence-electron chi connectivity index (χ4n) is 2.29. The maximum absolute atomic E-state index is 4.23. The Hall–Kier alpha value is -0.420. The van der Waals surface area contributed by atoms with E-state index in [-0.39, 0.29) is 0 Å². The van der Waals surface area contributed by atoms with Crippen molar-refractivity contribution in [1.29, 1.82) is 0 Å². The summed E-state index contributed by atoms with van der Waals surface area (Å²) in [6.07, 6.45) is 6.05. The highest BCUT2D eigenvalue weighted by Crippen LogP contribution is 2.15. The first kappa shape index (κ1) is 16.6. The van der Waals surface area contributed by atoms with Crippen LogP contribution in [0, 0.1) is 5.92 Å². The molecule has 1 fully saturated rings. The number of thioether (sulfide) groups is 1. The average molecular weight is 286 g/mol. The third-order valence-electron chi connectivity index (χ3n) is 3.64. The molecule has 19 heavy (non-hydrogen) atoms. The van der Waals surface area contributed by atoms with Crippen LogP contribution in [0.25, 0.3) is 0 Å². The topological polar surface area (TPSA) is 39.7 Å². The Morgan fingerprint density at radius 3 is 2.58 bits per heavy atom. The van der Waals surface area contributed by atoms with Gasteiger partial charge in [-0.25, -0.2) is 0 Å². The van der Waals surface area contributed by atoms with Crippen LogP contribution in [0.5, 0.6) is 0 Å². The smallest absolute Gasteiger partial charge is 0.191 e. The first-order valence-corrected chi connectivity index (χ1v) is 8.81. The first-order valence-electron chi connectivity index (χ1n) is 7.42. The summed E-state index contributed by atoms with van der Waals surface area (Å²) < 4.78 is 0. The van der Waals surface area contributed by atoms with Gasteiger partial charge in [-0.3, -0.25) is 4.99 Å². The minimum atomic E-state index is 0.925. The Kier molecular flexibility index (Phi) is 9.08. The molecule has 5 heteroatoms. The van der Waals surface area contributed by atoms with Crippen molar-refractivity contribution in [3.63, 3.8) is 0 Å². The second kappa shape index (κ2) is 10.4. The van der Waals surface area contributed by atoms with Gasteiger partial charge in [-0.15, -0.1) is 0 Å². The van der Waals surface area contributed by atoms with Gasteiger partial charge in [0, 0.05) is 25.9 Å². The van der Waals surface area contributed by atoms with Crippen LogP contribution in [0.1, 0.15) is 26.2 Å². The molecule has 4 nitrogen and oxygen atoms in total. The highest BCUT2D eigenvalue weighted by molar-refractivity contribution is 7.98. The van der Waals surface area contributed by atoms with E-state index in [9.17, 15) is 0 Å². The zero-order valence-electron chi connectivity index (χ0n) is 12.7. The van der Waals surface area contributed by atoms with Crippen molar-refractivity contribution in [2.24, 2.45) is 10.9 Å². The van der Waals surface area contributed by atoms with E-state index >= 15 is 0 Å². The summed E-state index contributed by atoms with van der Waals surface area (Å²) in [5, 5.41) is 6.70. The number of hydrogen-bond donors (Lipinski definition) is 2. The summed E-state index contributed by atoms with van der Waals surface area (Å²) in [6, 6.07) is 0. The fraction of sp³-hybridized carbons (Fsp3) is 0.929. The third-order valence-corrected chi connectivity index (χ3v) is 4.25. The van der Waals surface area contributed by atoms with Gasteiger partial charge in [-0.1, -0.05) is 6.92 Å². The Labute approximate surface area is 122 Å². The van der Waals surface area contributed by atoms with Gasteiger partial charge in [0.1, 0.15) is 0 Å². The molecular weight excluding hydrogens is 256 g/mol. The second-order valence-corrected chi connectivity index (χ2v) is 6.28. The SMILES string of the molecule is CN=C(NCCCN1CCC(C)CC1)NCCSC. The summed E-state index contributed by atoms with van der Waals surface area (Å²) in [6.45, 7) is 8.12. The number of guanidine groups is 1. The van der Waals surface area contributed by atoms with E-state index in [1.807, 2.05) is 18.8 Å². The quantitative estimate of drug-likeness (QED) is 0.424. The van der Waals surface area contributed by atoms with Crippen molar-refractivity contribution in [3.8, 4) is 0 Å². The highest BCUT2D eigenvalue weighted by Gasteiger charge is 2.14. The Morgan fingerprint density at radius 1 is 1.26 bits per heavy atom. The van der Waals surface area contributed by atoms with Crippen LogP contribution < -0.4 is 10.6 Å². The molecule has 0 aliphatic carbocycles. The largest absolute Gasteiger partial charge is 0.356 e. The van der Waals surface area contributed by atoms with E-state index in [2.05, 4.69) is 33.7 Å². The summed E-state index contributed by atoms with van der Waals surface area (Å²) in [5.74, 6) is 2.97. The van der Waals surface area contributed by atoms with Gasteiger partial charge >= 0.3 is 0 Å². The molecule has 1 aliphatic rings. The third kappa shape index (κ3) is 7.67. The Balaban J connectivity index is 2.02. The molecule has 0 amide bonds. The molecule has 1 rings (SSSR count). The van der Waals surface area contributed by atoms with Crippen molar-refractivity contribution < 1.29 is 0 Å². The van der Waals surface area contributed by atoms with Gasteiger partial charge in [-0.2, -0.15) is 11.8 Å². The van der Waals surface area contributed by atoms with Crippen molar-refractivity contribution in [3.05, 3.63) is 0 Å². The molecule has 0 atom stereocenters. The van der Waals surface area contributed by atoms with Gasteiger partial charge < -0.3 is 15.5 Å². The number of likely N-dealkylation sites (tertiary alicyclic amines) is 1. The van der Waals surface area contributed by atoms with E-state index < -0.39 is 0 Å². The number of aliphatic imine (C=N–C) groups is 1. The van der Waals surface area contributed by atoms with Crippen LogP contribution in [0.3, 0.4) is 0 Å². The molecule has 1 heterocycles. The van der Waals surface area contributed by atoms with Gasteiger partial charge in [0.2, 0.25) is 0 Å². The molecular formula is C14H30N4S. The number of rotatable bonds is 7. The summed E-state index contributed by atoms with van der Waals surface area (Å²) in [7, 11) is 1.83. The first-order chi connectivity index (χ1) is 9.26. The Bertz CT molecular complexity index is 250. The van der Waals surface area contributed by atoms with E-state index in [1.54, 1.807) is 0 Å². The standard InChI is InChI=1S/C14H30N4S/c1-13-5-10-18(11-6-13)9-4-7-16-14(15-2)17-8-12-19-3/h13H,4-12H2,1-3H3,(H2,15,16,17). The summed E-state index contributed by atoms with van der Waals surface area (Å²) in [4.78, 5) is 6.81. The van der Waals surface area contributed by atoms with Crippen molar-refractivity contribution in [2.75, 3.05) is 51.8 Å². The molecule has 1 saturated heterocycles. The van der Waals surface area contributed by atoms with Crippen LogP contribution in [0.2, 0.25) is 0 Å². The molecule has 0 saturated carbocycles. The summed E-state index contributed by atoms with van der Waals surface area (Å²) >= 11 is 1.85. The van der Waals surface area contributed by atoms with Gasteiger partial charge in [0.25, 0.3) is 0 Å².